The molecule has 0 aliphatic carbocycles. The molecule has 70 valence electrons. The number of rotatable bonds is 1. The fourth-order valence-electron chi connectivity index (χ4n) is 1.43. The van der Waals surface area contributed by atoms with Crippen LogP contribution in [-0.2, 0) is 18.0 Å². The third kappa shape index (κ3) is 1.71. The summed E-state index contributed by atoms with van der Waals surface area (Å²) in [7, 11) is 0. The second-order valence-electron chi connectivity index (χ2n) is 3.55. The van der Waals surface area contributed by atoms with E-state index in [1.807, 2.05) is 17.3 Å². The van der Waals surface area contributed by atoms with E-state index in [0.717, 1.165) is 12.2 Å². The van der Waals surface area contributed by atoms with Crippen LogP contribution >= 0.6 is 0 Å². The lowest BCUT2D eigenvalue weighted by Crippen LogP contribution is -2.34. The molecule has 0 amide bonds. The van der Waals surface area contributed by atoms with E-state index in [1.165, 1.54) is 5.56 Å². The maximum atomic E-state index is 5.54. The van der Waals surface area contributed by atoms with Crippen molar-refractivity contribution in [2.24, 2.45) is 0 Å². The monoisotopic (exact) mass is 178 g/mol. The fourth-order valence-corrected chi connectivity index (χ4v) is 1.43. The molecular weight excluding hydrogens is 164 g/mol. The lowest BCUT2D eigenvalue weighted by atomic mass is 10.1. The number of aromatic nitrogens is 1. The Morgan fingerprint density at radius 2 is 2.38 bits per heavy atom. The Kier molecular flexibility index (Phi) is 2.29. The molecule has 0 bridgehead atoms. The van der Waals surface area contributed by atoms with Crippen molar-refractivity contribution in [1.29, 1.82) is 0 Å². The average Bonchev–Trinajstić information content (AvgIpc) is 2.17. The van der Waals surface area contributed by atoms with E-state index >= 15 is 0 Å². The van der Waals surface area contributed by atoms with E-state index in [9.17, 15) is 0 Å². The largest absolute Gasteiger partial charge is 0.292 e. The zero-order valence-electron chi connectivity index (χ0n) is 8.03. The maximum absolute atomic E-state index is 5.54. The summed E-state index contributed by atoms with van der Waals surface area (Å²) >= 11 is 0. The first kappa shape index (κ1) is 8.66. The highest BCUT2D eigenvalue weighted by Gasteiger charge is 2.19. The lowest BCUT2D eigenvalue weighted by Gasteiger charge is -2.30. The van der Waals surface area contributed by atoms with Crippen molar-refractivity contribution in [3.8, 4) is 0 Å². The summed E-state index contributed by atoms with van der Waals surface area (Å²) < 4.78 is 0. The molecule has 0 N–H and O–H groups in total. The lowest BCUT2D eigenvalue weighted by molar-refractivity contribution is -0.207. The zero-order valence-corrected chi connectivity index (χ0v) is 8.03. The van der Waals surface area contributed by atoms with Crippen LogP contribution < -0.4 is 0 Å². The van der Waals surface area contributed by atoms with Gasteiger partial charge in [0.2, 0.25) is 0 Å². The highest BCUT2D eigenvalue weighted by atomic mass is 16.7. The van der Waals surface area contributed by atoms with E-state index in [0.29, 0.717) is 12.6 Å². The van der Waals surface area contributed by atoms with Crippen molar-refractivity contribution >= 4 is 0 Å². The van der Waals surface area contributed by atoms with Gasteiger partial charge < -0.3 is 0 Å². The normalized spacial score (nSPS) is 17.5. The molecule has 13 heavy (non-hydrogen) atoms. The molecule has 0 unspecified atom stereocenters. The highest BCUT2D eigenvalue weighted by Crippen LogP contribution is 2.18. The third-order valence-electron chi connectivity index (χ3n) is 2.25. The molecule has 1 aliphatic rings. The third-order valence-corrected chi connectivity index (χ3v) is 2.25. The highest BCUT2D eigenvalue weighted by molar-refractivity contribution is 5.19. The van der Waals surface area contributed by atoms with E-state index in [2.05, 4.69) is 24.9 Å². The van der Waals surface area contributed by atoms with Gasteiger partial charge in [0.05, 0.1) is 12.2 Å². The number of fused-ring (bicyclic) bond motifs is 1. The minimum absolute atomic E-state index is 0.424. The summed E-state index contributed by atoms with van der Waals surface area (Å²) in [6, 6.07) is 4.51. The molecular formula is C10H14N2O. The summed E-state index contributed by atoms with van der Waals surface area (Å²) in [5.41, 5.74) is 2.35. The number of hydroxylamine groups is 2. The van der Waals surface area contributed by atoms with Gasteiger partial charge in [0.15, 0.2) is 0 Å². The second kappa shape index (κ2) is 3.44. The molecule has 1 aromatic heterocycles. The Balaban J connectivity index is 2.20. The van der Waals surface area contributed by atoms with Gasteiger partial charge in [0, 0.05) is 12.2 Å². The van der Waals surface area contributed by atoms with Gasteiger partial charge in [-0.2, -0.15) is 5.06 Å². The summed E-state index contributed by atoms with van der Waals surface area (Å²) in [4.78, 5) is 9.80. The minimum Gasteiger partial charge on any atom is -0.292 e. The van der Waals surface area contributed by atoms with Crippen LogP contribution in [0.1, 0.15) is 25.1 Å². The van der Waals surface area contributed by atoms with Crippen LogP contribution in [0.5, 0.6) is 0 Å². The van der Waals surface area contributed by atoms with Gasteiger partial charge in [0.25, 0.3) is 0 Å². The number of hydrogen-bond acceptors (Lipinski definition) is 3. The summed E-state index contributed by atoms with van der Waals surface area (Å²) in [5, 5.41) is 1.99. The van der Waals surface area contributed by atoms with Crippen LogP contribution in [-0.4, -0.2) is 16.1 Å². The van der Waals surface area contributed by atoms with Crippen molar-refractivity contribution in [3.05, 3.63) is 29.6 Å². The van der Waals surface area contributed by atoms with Crippen LogP contribution in [0.3, 0.4) is 0 Å². The molecule has 0 saturated carbocycles. The molecule has 0 spiro atoms. The molecule has 0 aromatic carbocycles. The van der Waals surface area contributed by atoms with Gasteiger partial charge >= 0.3 is 0 Å². The first-order valence-corrected chi connectivity index (χ1v) is 4.59. The molecule has 2 rings (SSSR count). The van der Waals surface area contributed by atoms with Crippen LogP contribution in [0, 0.1) is 0 Å². The van der Waals surface area contributed by atoms with Crippen LogP contribution in [0.15, 0.2) is 18.3 Å². The molecule has 0 saturated heterocycles. The maximum Gasteiger partial charge on any atom is 0.111 e. The summed E-state index contributed by atoms with van der Waals surface area (Å²) in [5.74, 6) is 0. The Morgan fingerprint density at radius 3 is 3.15 bits per heavy atom. The average molecular weight is 178 g/mol. The van der Waals surface area contributed by atoms with Crippen molar-refractivity contribution in [2.45, 2.75) is 33.0 Å². The van der Waals surface area contributed by atoms with Gasteiger partial charge in [-0.1, -0.05) is 6.07 Å². The Morgan fingerprint density at radius 1 is 1.54 bits per heavy atom. The van der Waals surface area contributed by atoms with Crippen LogP contribution in [0.2, 0.25) is 0 Å². The first-order chi connectivity index (χ1) is 6.27. The quantitative estimate of drug-likeness (QED) is 0.655. The Bertz CT molecular complexity index is 299. The molecule has 0 radical (unpaired) electrons. The predicted octanol–water partition coefficient (Wildman–Crippen LogP) is 1.74. The van der Waals surface area contributed by atoms with E-state index in [-0.39, 0.29) is 0 Å². The van der Waals surface area contributed by atoms with Crippen molar-refractivity contribution in [2.75, 3.05) is 0 Å². The van der Waals surface area contributed by atoms with E-state index < -0.39 is 0 Å². The number of nitrogens with zero attached hydrogens (tertiary/aromatic N) is 2. The van der Waals surface area contributed by atoms with Crippen molar-refractivity contribution < 1.29 is 4.84 Å². The zero-order chi connectivity index (χ0) is 9.26. The predicted molar refractivity (Wildman–Crippen MR) is 49.7 cm³/mol. The molecule has 2 heterocycles. The standard InChI is InChI=1S/C10H14N2O/c1-8(2)12-6-9-4-3-5-11-10(9)7-13-12/h3-5,8H,6-7H2,1-2H3. The van der Waals surface area contributed by atoms with Crippen molar-refractivity contribution in [1.82, 2.24) is 10.0 Å². The van der Waals surface area contributed by atoms with Gasteiger partial charge in [-0.05, 0) is 25.5 Å². The fraction of sp³-hybridized carbons (Fsp3) is 0.500. The van der Waals surface area contributed by atoms with Gasteiger partial charge in [-0.15, -0.1) is 0 Å². The smallest absolute Gasteiger partial charge is 0.111 e. The van der Waals surface area contributed by atoms with Crippen molar-refractivity contribution in [3.63, 3.8) is 0 Å². The number of hydrogen-bond donors (Lipinski definition) is 0. The summed E-state index contributed by atoms with van der Waals surface area (Å²) in [6.07, 6.45) is 1.81. The van der Waals surface area contributed by atoms with E-state index in [4.69, 9.17) is 4.84 Å². The minimum atomic E-state index is 0.424. The topological polar surface area (TPSA) is 25.4 Å². The first-order valence-electron chi connectivity index (χ1n) is 4.59. The molecule has 3 heteroatoms. The van der Waals surface area contributed by atoms with Gasteiger partial charge in [0.1, 0.15) is 6.61 Å². The van der Waals surface area contributed by atoms with Gasteiger partial charge in [-0.3, -0.25) is 9.82 Å². The molecule has 0 fully saturated rings. The van der Waals surface area contributed by atoms with Crippen LogP contribution in [0.4, 0.5) is 0 Å². The second-order valence-corrected chi connectivity index (χ2v) is 3.55. The molecule has 0 atom stereocenters. The molecule has 1 aliphatic heterocycles. The Labute approximate surface area is 78.3 Å². The molecule has 1 aromatic rings. The Hall–Kier alpha value is -0.930. The van der Waals surface area contributed by atoms with Crippen LogP contribution in [0.25, 0.3) is 0 Å². The SMILES string of the molecule is CC(C)N1Cc2cccnc2CO1. The summed E-state index contributed by atoms with van der Waals surface area (Å²) in [6.45, 7) is 5.71. The van der Waals surface area contributed by atoms with E-state index in [1.54, 1.807) is 0 Å². The van der Waals surface area contributed by atoms with Gasteiger partial charge in [-0.25, -0.2) is 0 Å². The number of pyridine rings is 1. The molecule has 3 nitrogen and oxygen atoms in total.